The summed E-state index contributed by atoms with van der Waals surface area (Å²) in [6.07, 6.45) is 1.85. The van der Waals surface area contributed by atoms with E-state index in [2.05, 4.69) is 10.6 Å². The number of amides is 1. The van der Waals surface area contributed by atoms with Crippen LogP contribution in [0.5, 0.6) is 5.75 Å². The van der Waals surface area contributed by atoms with E-state index in [1.54, 1.807) is 19.2 Å². The first kappa shape index (κ1) is 12.9. The smallest absolute Gasteiger partial charge is 0.238 e. The number of nitrogens with one attached hydrogen (secondary N) is 2. The van der Waals surface area contributed by atoms with Crippen LogP contribution in [0.4, 0.5) is 5.69 Å². The average molecular weight is 250 g/mol. The molecule has 1 fully saturated rings. The van der Waals surface area contributed by atoms with Gasteiger partial charge in [0, 0.05) is 17.3 Å². The highest BCUT2D eigenvalue weighted by Crippen LogP contribution is 2.34. The molecule has 3 N–H and O–H groups in total. The molecule has 0 aliphatic heterocycles. The van der Waals surface area contributed by atoms with Gasteiger partial charge in [0.1, 0.15) is 5.75 Å². The summed E-state index contributed by atoms with van der Waals surface area (Å²) in [4.78, 5) is 11.7. The molecule has 1 aromatic carbocycles. The van der Waals surface area contributed by atoms with Crippen LogP contribution < -0.4 is 15.4 Å². The largest absolute Gasteiger partial charge is 0.497 e. The summed E-state index contributed by atoms with van der Waals surface area (Å²) in [6.45, 7) is 0.289. The Bertz CT molecular complexity index is 430. The van der Waals surface area contributed by atoms with Crippen molar-refractivity contribution in [3.63, 3.8) is 0 Å². The molecule has 1 aliphatic rings. The van der Waals surface area contributed by atoms with Gasteiger partial charge < -0.3 is 20.5 Å². The minimum Gasteiger partial charge on any atom is -0.497 e. The van der Waals surface area contributed by atoms with E-state index in [1.807, 2.05) is 12.1 Å². The van der Waals surface area contributed by atoms with Gasteiger partial charge in [-0.3, -0.25) is 4.79 Å². The van der Waals surface area contributed by atoms with Crippen molar-refractivity contribution >= 4 is 11.6 Å². The Balaban J connectivity index is 1.83. The van der Waals surface area contributed by atoms with Crippen molar-refractivity contribution in [3.05, 3.63) is 24.3 Å². The molecule has 0 bridgehead atoms. The highest BCUT2D eigenvalue weighted by molar-refractivity contribution is 5.92. The minimum absolute atomic E-state index is 0.0828. The van der Waals surface area contributed by atoms with Crippen molar-refractivity contribution in [2.75, 3.05) is 25.6 Å². The summed E-state index contributed by atoms with van der Waals surface area (Å²) >= 11 is 0. The Morgan fingerprint density at radius 2 is 2.28 bits per heavy atom. The van der Waals surface area contributed by atoms with Crippen molar-refractivity contribution < 1.29 is 14.6 Å². The molecule has 1 aromatic rings. The van der Waals surface area contributed by atoms with Crippen molar-refractivity contribution in [2.45, 2.75) is 18.4 Å². The molecule has 0 radical (unpaired) electrons. The second-order valence-electron chi connectivity index (χ2n) is 4.57. The van der Waals surface area contributed by atoms with E-state index in [0.717, 1.165) is 12.8 Å². The maximum absolute atomic E-state index is 11.7. The Labute approximate surface area is 106 Å². The van der Waals surface area contributed by atoms with Crippen molar-refractivity contribution in [1.82, 2.24) is 5.32 Å². The first-order valence-corrected chi connectivity index (χ1v) is 5.97. The molecular formula is C13H18N2O3. The average Bonchev–Trinajstić information content (AvgIpc) is 3.17. The van der Waals surface area contributed by atoms with Crippen molar-refractivity contribution in [1.29, 1.82) is 0 Å². The lowest BCUT2D eigenvalue weighted by Crippen LogP contribution is -2.40. The second kappa shape index (κ2) is 5.37. The molecule has 1 amide bonds. The number of hydrogen-bond acceptors (Lipinski definition) is 4. The summed E-state index contributed by atoms with van der Waals surface area (Å²) in [5.41, 5.74) is 0.487. The van der Waals surface area contributed by atoms with Crippen LogP contribution >= 0.6 is 0 Å². The van der Waals surface area contributed by atoms with E-state index < -0.39 is 0 Å². The molecule has 5 heteroatoms. The number of carbonyl (C=O) groups is 1. The second-order valence-corrected chi connectivity index (χ2v) is 4.57. The normalized spacial score (nSPS) is 16.1. The van der Waals surface area contributed by atoms with E-state index >= 15 is 0 Å². The zero-order valence-corrected chi connectivity index (χ0v) is 10.4. The minimum atomic E-state index is -0.217. The third kappa shape index (κ3) is 3.21. The van der Waals surface area contributed by atoms with E-state index in [9.17, 15) is 4.79 Å². The summed E-state index contributed by atoms with van der Waals surface area (Å²) < 4.78 is 5.08. The maximum atomic E-state index is 11.7. The van der Waals surface area contributed by atoms with Crippen LogP contribution in [0.25, 0.3) is 0 Å². The van der Waals surface area contributed by atoms with Crippen LogP contribution in [0.2, 0.25) is 0 Å². The number of ether oxygens (including phenoxy) is 1. The molecule has 0 unspecified atom stereocenters. The third-order valence-corrected chi connectivity index (χ3v) is 3.13. The van der Waals surface area contributed by atoms with Gasteiger partial charge in [-0.25, -0.2) is 0 Å². The van der Waals surface area contributed by atoms with Gasteiger partial charge in [-0.2, -0.15) is 0 Å². The standard InChI is InChI=1S/C13H18N2O3/c1-18-11-4-2-3-10(7-11)15-12(17)8-14-13(9-16)5-6-13/h2-4,7,14,16H,5-6,8-9H2,1H3,(H,15,17). The Hall–Kier alpha value is -1.59. The lowest BCUT2D eigenvalue weighted by Gasteiger charge is -2.14. The van der Waals surface area contributed by atoms with Crippen LogP contribution in [0.1, 0.15) is 12.8 Å². The Morgan fingerprint density at radius 1 is 1.50 bits per heavy atom. The number of rotatable bonds is 6. The highest BCUT2D eigenvalue weighted by Gasteiger charge is 2.41. The van der Waals surface area contributed by atoms with E-state index in [-0.39, 0.29) is 24.6 Å². The van der Waals surface area contributed by atoms with Gasteiger partial charge in [-0.05, 0) is 25.0 Å². The molecule has 5 nitrogen and oxygen atoms in total. The van der Waals surface area contributed by atoms with E-state index in [4.69, 9.17) is 9.84 Å². The molecule has 0 saturated heterocycles. The van der Waals surface area contributed by atoms with E-state index in [1.165, 1.54) is 0 Å². The monoisotopic (exact) mass is 250 g/mol. The van der Waals surface area contributed by atoms with Gasteiger partial charge in [-0.1, -0.05) is 6.07 Å². The van der Waals surface area contributed by atoms with Crippen LogP contribution in [0, 0.1) is 0 Å². The third-order valence-electron chi connectivity index (χ3n) is 3.13. The summed E-state index contributed by atoms with van der Waals surface area (Å²) in [7, 11) is 1.58. The Morgan fingerprint density at radius 3 is 2.89 bits per heavy atom. The quantitative estimate of drug-likeness (QED) is 0.696. The molecule has 98 valence electrons. The van der Waals surface area contributed by atoms with E-state index in [0.29, 0.717) is 11.4 Å². The lowest BCUT2D eigenvalue weighted by molar-refractivity contribution is -0.115. The zero-order chi connectivity index (χ0) is 13.0. The van der Waals surface area contributed by atoms with Gasteiger partial charge in [0.15, 0.2) is 0 Å². The highest BCUT2D eigenvalue weighted by atomic mass is 16.5. The molecule has 0 heterocycles. The predicted molar refractivity (Wildman–Crippen MR) is 68.7 cm³/mol. The Kier molecular flexibility index (Phi) is 3.84. The molecule has 1 aliphatic carbocycles. The first-order valence-electron chi connectivity index (χ1n) is 5.97. The van der Waals surface area contributed by atoms with Crippen molar-refractivity contribution in [2.24, 2.45) is 0 Å². The summed E-state index contributed by atoms with van der Waals surface area (Å²) in [6, 6.07) is 7.20. The first-order chi connectivity index (χ1) is 8.67. The van der Waals surface area contributed by atoms with Crippen LogP contribution in [0.15, 0.2) is 24.3 Å². The molecule has 1 saturated carbocycles. The fourth-order valence-electron chi connectivity index (χ4n) is 1.72. The number of benzene rings is 1. The number of carbonyl (C=O) groups excluding carboxylic acids is 1. The van der Waals surface area contributed by atoms with Gasteiger partial charge in [0.25, 0.3) is 0 Å². The van der Waals surface area contributed by atoms with Gasteiger partial charge in [-0.15, -0.1) is 0 Å². The molecule has 0 aromatic heterocycles. The summed E-state index contributed by atoms with van der Waals surface area (Å²) in [5.74, 6) is 0.581. The van der Waals surface area contributed by atoms with Gasteiger partial charge >= 0.3 is 0 Å². The fraction of sp³-hybridized carbons (Fsp3) is 0.462. The number of aliphatic hydroxyl groups excluding tert-OH is 1. The number of methoxy groups -OCH3 is 1. The molecule has 2 rings (SSSR count). The fourth-order valence-corrected chi connectivity index (χ4v) is 1.72. The SMILES string of the molecule is COc1cccc(NC(=O)CNC2(CO)CC2)c1. The van der Waals surface area contributed by atoms with Gasteiger partial charge in [0.2, 0.25) is 5.91 Å². The lowest BCUT2D eigenvalue weighted by atomic mass is 10.3. The van der Waals surface area contributed by atoms with Crippen molar-refractivity contribution in [3.8, 4) is 5.75 Å². The molecule has 18 heavy (non-hydrogen) atoms. The van der Waals surface area contributed by atoms with Gasteiger partial charge in [0.05, 0.1) is 20.3 Å². The molecule has 0 spiro atoms. The molecule has 0 atom stereocenters. The topological polar surface area (TPSA) is 70.6 Å². The van der Waals surface area contributed by atoms with Crippen LogP contribution in [0.3, 0.4) is 0 Å². The van der Waals surface area contributed by atoms with Crippen LogP contribution in [-0.4, -0.2) is 36.8 Å². The molecular weight excluding hydrogens is 232 g/mol. The number of aliphatic hydroxyl groups is 1. The summed E-state index contributed by atoms with van der Waals surface area (Å²) in [5, 5.41) is 15.0. The van der Waals surface area contributed by atoms with Crippen LogP contribution in [-0.2, 0) is 4.79 Å². The predicted octanol–water partition coefficient (Wildman–Crippen LogP) is 0.748. The zero-order valence-electron chi connectivity index (χ0n) is 10.4. The number of anilines is 1. The maximum Gasteiger partial charge on any atom is 0.238 e. The number of hydrogen-bond donors (Lipinski definition) is 3.